The fraction of sp³-hybridized carbons (Fsp3) is 0.250. The van der Waals surface area contributed by atoms with E-state index in [9.17, 15) is 4.79 Å². The summed E-state index contributed by atoms with van der Waals surface area (Å²) in [5, 5.41) is 4.16. The minimum atomic E-state index is -0.0754. The predicted octanol–water partition coefficient (Wildman–Crippen LogP) is 5.34. The summed E-state index contributed by atoms with van der Waals surface area (Å²) in [5.41, 5.74) is 9.51. The van der Waals surface area contributed by atoms with Gasteiger partial charge in [-0.3, -0.25) is 4.79 Å². The monoisotopic (exact) mass is 405 g/mol. The average molecular weight is 406 g/mol. The Bertz CT molecular complexity index is 1020. The van der Waals surface area contributed by atoms with Crippen molar-refractivity contribution in [2.75, 3.05) is 5.75 Å². The molecule has 150 valence electrons. The summed E-state index contributed by atoms with van der Waals surface area (Å²) in [6.07, 6.45) is 2.15. The van der Waals surface area contributed by atoms with Gasteiger partial charge in [-0.05, 0) is 57.5 Å². The van der Waals surface area contributed by atoms with Gasteiger partial charge in [-0.15, -0.1) is 11.8 Å². The summed E-state index contributed by atoms with van der Waals surface area (Å²) < 4.78 is 2.22. The number of benzene rings is 2. The van der Waals surface area contributed by atoms with Crippen molar-refractivity contribution < 1.29 is 4.79 Å². The van der Waals surface area contributed by atoms with E-state index >= 15 is 0 Å². The van der Waals surface area contributed by atoms with Crippen molar-refractivity contribution >= 4 is 23.9 Å². The maximum atomic E-state index is 12.1. The highest BCUT2D eigenvalue weighted by Crippen LogP contribution is 2.22. The van der Waals surface area contributed by atoms with E-state index in [0.29, 0.717) is 6.42 Å². The minimum Gasteiger partial charge on any atom is -0.318 e. The van der Waals surface area contributed by atoms with E-state index in [-0.39, 0.29) is 5.91 Å². The topological polar surface area (TPSA) is 46.4 Å². The molecule has 0 aliphatic carbocycles. The van der Waals surface area contributed by atoms with Crippen LogP contribution in [0.25, 0.3) is 5.69 Å². The molecule has 0 saturated heterocycles. The third kappa shape index (κ3) is 5.39. The van der Waals surface area contributed by atoms with Gasteiger partial charge in [0.1, 0.15) is 0 Å². The van der Waals surface area contributed by atoms with Crippen LogP contribution in [0.2, 0.25) is 0 Å². The molecule has 0 saturated carbocycles. The number of aryl methyl sites for hydroxylation is 3. The molecule has 0 atom stereocenters. The number of amides is 1. The smallest absolute Gasteiger partial charge is 0.240 e. The van der Waals surface area contributed by atoms with E-state index in [4.69, 9.17) is 0 Å². The van der Waals surface area contributed by atoms with Crippen LogP contribution in [0.4, 0.5) is 0 Å². The molecule has 2 aromatic carbocycles. The molecule has 3 rings (SSSR count). The van der Waals surface area contributed by atoms with E-state index in [2.05, 4.69) is 85.3 Å². The molecule has 0 spiro atoms. The number of hydrogen-bond acceptors (Lipinski definition) is 3. The van der Waals surface area contributed by atoms with Crippen LogP contribution < -0.4 is 5.43 Å². The van der Waals surface area contributed by atoms with Gasteiger partial charge in [0.15, 0.2) is 0 Å². The third-order valence-corrected chi connectivity index (χ3v) is 5.85. The van der Waals surface area contributed by atoms with Crippen LogP contribution in [0.5, 0.6) is 0 Å². The van der Waals surface area contributed by atoms with Crippen molar-refractivity contribution in [2.45, 2.75) is 39.0 Å². The number of thioether (sulfide) groups is 1. The molecule has 1 amide bonds. The van der Waals surface area contributed by atoms with E-state index in [0.717, 1.165) is 22.7 Å². The highest BCUT2D eigenvalue weighted by Gasteiger charge is 2.11. The van der Waals surface area contributed by atoms with E-state index in [1.807, 2.05) is 12.1 Å². The van der Waals surface area contributed by atoms with Crippen LogP contribution in [0.1, 0.15) is 34.5 Å². The molecule has 0 fully saturated rings. The van der Waals surface area contributed by atoms with Crippen LogP contribution in [0, 0.1) is 27.7 Å². The summed E-state index contributed by atoms with van der Waals surface area (Å²) >= 11 is 1.68. The molecular formula is C24H27N3OS. The van der Waals surface area contributed by atoms with Crippen molar-refractivity contribution in [1.82, 2.24) is 9.99 Å². The second-order valence-electron chi connectivity index (χ2n) is 7.15. The second kappa shape index (κ2) is 9.61. The van der Waals surface area contributed by atoms with Gasteiger partial charge < -0.3 is 4.57 Å². The van der Waals surface area contributed by atoms with Gasteiger partial charge in [0.05, 0.1) is 6.21 Å². The van der Waals surface area contributed by atoms with Crippen LogP contribution >= 0.6 is 11.8 Å². The normalized spacial score (nSPS) is 11.2. The number of carbonyl (C=O) groups excluding carboxylic acids is 1. The number of nitrogens with zero attached hydrogens (tertiary/aromatic N) is 2. The van der Waals surface area contributed by atoms with Gasteiger partial charge in [-0.2, -0.15) is 5.10 Å². The number of carbonyl (C=O) groups is 1. The Balaban J connectivity index is 1.56. The van der Waals surface area contributed by atoms with Crippen LogP contribution in [-0.4, -0.2) is 22.4 Å². The van der Waals surface area contributed by atoms with Gasteiger partial charge in [0, 0.05) is 39.7 Å². The molecular weight excluding hydrogens is 378 g/mol. The summed E-state index contributed by atoms with van der Waals surface area (Å²) in [6, 6.07) is 18.7. The van der Waals surface area contributed by atoms with Gasteiger partial charge in [0.25, 0.3) is 0 Å². The first-order valence-corrected chi connectivity index (χ1v) is 10.7. The SMILES string of the molecule is Cc1ccc(SCCC(=O)N/N=C\c2cc(C)n(-c3ccccc3C)c2C)cc1. The zero-order valence-corrected chi connectivity index (χ0v) is 18.2. The lowest BCUT2D eigenvalue weighted by molar-refractivity contribution is -0.120. The lowest BCUT2D eigenvalue weighted by Gasteiger charge is -2.12. The summed E-state index contributed by atoms with van der Waals surface area (Å²) in [4.78, 5) is 13.2. The highest BCUT2D eigenvalue weighted by molar-refractivity contribution is 7.99. The fourth-order valence-electron chi connectivity index (χ4n) is 3.23. The lowest BCUT2D eigenvalue weighted by atomic mass is 10.2. The Morgan fingerprint density at radius 2 is 1.79 bits per heavy atom. The zero-order chi connectivity index (χ0) is 20.8. The van der Waals surface area contributed by atoms with Crippen LogP contribution in [0.3, 0.4) is 0 Å². The van der Waals surface area contributed by atoms with Crippen LogP contribution in [-0.2, 0) is 4.79 Å². The number of hydrazone groups is 1. The van der Waals surface area contributed by atoms with Crippen molar-refractivity contribution in [3.63, 3.8) is 0 Å². The molecule has 1 aromatic heterocycles. The molecule has 1 heterocycles. The highest BCUT2D eigenvalue weighted by atomic mass is 32.2. The average Bonchev–Trinajstić information content (AvgIpc) is 2.97. The Kier molecular flexibility index (Phi) is 6.94. The number of aromatic nitrogens is 1. The molecule has 4 nitrogen and oxygen atoms in total. The first-order chi connectivity index (χ1) is 14.0. The van der Waals surface area contributed by atoms with Crippen molar-refractivity contribution in [1.29, 1.82) is 0 Å². The van der Waals surface area contributed by atoms with E-state index < -0.39 is 0 Å². The van der Waals surface area contributed by atoms with Crippen LogP contribution in [0.15, 0.2) is 64.6 Å². The Hall–Kier alpha value is -2.79. The molecule has 3 aromatic rings. The van der Waals surface area contributed by atoms with E-state index in [1.165, 1.54) is 21.7 Å². The van der Waals surface area contributed by atoms with Crippen molar-refractivity contribution in [2.24, 2.45) is 5.10 Å². The quantitative estimate of drug-likeness (QED) is 0.327. The Morgan fingerprint density at radius 3 is 2.52 bits per heavy atom. The van der Waals surface area contributed by atoms with E-state index in [1.54, 1.807) is 18.0 Å². The first kappa shape index (κ1) is 20.9. The van der Waals surface area contributed by atoms with Crippen molar-refractivity contribution in [3.05, 3.63) is 82.7 Å². The number of hydrogen-bond donors (Lipinski definition) is 1. The number of nitrogens with one attached hydrogen (secondary N) is 1. The number of para-hydroxylation sites is 1. The maximum absolute atomic E-state index is 12.1. The van der Waals surface area contributed by atoms with Gasteiger partial charge in [-0.1, -0.05) is 35.9 Å². The Morgan fingerprint density at radius 1 is 1.07 bits per heavy atom. The molecule has 5 heteroatoms. The largest absolute Gasteiger partial charge is 0.318 e. The minimum absolute atomic E-state index is 0.0754. The van der Waals surface area contributed by atoms with Gasteiger partial charge >= 0.3 is 0 Å². The van der Waals surface area contributed by atoms with Crippen molar-refractivity contribution in [3.8, 4) is 5.69 Å². The van der Waals surface area contributed by atoms with Gasteiger partial charge in [0.2, 0.25) is 5.91 Å². The molecule has 0 bridgehead atoms. The molecule has 1 N–H and O–H groups in total. The molecule has 29 heavy (non-hydrogen) atoms. The predicted molar refractivity (Wildman–Crippen MR) is 122 cm³/mol. The standard InChI is InChI=1S/C24H27N3OS/c1-17-9-11-22(12-10-17)29-14-13-24(28)26-25-16-21-15-19(3)27(20(21)4)23-8-6-5-7-18(23)2/h5-12,15-16H,13-14H2,1-4H3,(H,26,28)/b25-16-. The third-order valence-electron chi connectivity index (χ3n) is 4.84. The van der Waals surface area contributed by atoms with Gasteiger partial charge in [-0.25, -0.2) is 5.43 Å². The summed E-state index contributed by atoms with van der Waals surface area (Å²) in [7, 11) is 0. The zero-order valence-electron chi connectivity index (χ0n) is 17.4. The Labute approximate surface area is 177 Å². The molecule has 0 unspecified atom stereocenters. The molecule has 0 aliphatic rings. The summed E-state index contributed by atoms with van der Waals surface area (Å²) in [6.45, 7) is 8.33. The first-order valence-electron chi connectivity index (χ1n) is 9.72. The second-order valence-corrected chi connectivity index (χ2v) is 8.32. The summed E-state index contributed by atoms with van der Waals surface area (Å²) in [5.74, 6) is 0.653. The lowest BCUT2D eigenvalue weighted by Crippen LogP contribution is -2.17. The fourth-order valence-corrected chi connectivity index (χ4v) is 4.08. The maximum Gasteiger partial charge on any atom is 0.240 e. The molecule has 0 aliphatic heterocycles. The molecule has 0 radical (unpaired) electrons. The number of rotatable bonds is 7.